The van der Waals surface area contributed by atoms with Crippen molar-refractivity contribution in [2.45, 2.75) is 46.5 Å². The lowest BCUT2D eigenvalue weighted by Crippen LogP contribution is -2.28. The monoisotopic (exact) mass is 448 g/mol. The van der Waals surface area contributed by atoms with Gasteiger partial charge in [0, 0.05) is 36.5 Å². The second-order valence-electron chi connectivity index (χ2n) is 8.38. The third kappa shape index (κ3) is 5.11. The van der Waals surface area contributed by atoms with Crippen molar-refractivity contribution >= 4 is 40.8 Å². The number of carbonyl (C=O) groups is 2. The van der Waals surface area contributed by atoms with E-state index in [1.807, 2.05) is 12.1 Å². The van der Waals surface area contributed by atoms with Crippen LogP contribution < -0.4 is 20.7 Å². The van der Waals surface area contributed by atoms with E-state index in [0.717, 1.165) is 44.5 Å². The van der Waals surface area contributed by atoms with E-state index in [0.29, 0.717) is 16.5 Å². The lowest BCUT2D eigenvalue weighted by molar-refractivity contribution is -0.114. The number of anilines is 2. The minimum absolute atomic E-state index is 0.0628. The van der Waals surface area contributed by atoms with Gasteiger partial charge in [0.25, 0.3) is 0 Å². The molecular weight excluding hydrogens is 416 g/mol. The number of allylic oxidation sites excluding steroid dienone is 2. The number of hydrogen-bond acceptors (Lipinski definition) is 5. The second-order valence-corrected chi connectivity index (χ2v) is 8.38. The molecule has 0 saturated carbocycles. The molecule has 174 valence electrons. The van der Waals surface area contributed by atoms with Crippen molar-refractivity contribution in [2.24, 2.45) is 0 Å². The third-order valence-electron chi connectivity index (χ3n) is 5.77. The fourth-order valence-electron chi connectivity index (χ4n) is 4.00. The number of Topliss-reactive ketones (excluding diaryl/α,β-unsaturated/α-hetero) is 1. The first-order chi connectivity index (χ1) is 15.8. The van der Waals surface area contributed by atoms with Gasteiger partial charge in [-0.15, -0.1) is 0 Å². The van der Waals surface area contributed by atoms with Crippen molar-refractivity contribution in [1.82, 2.24) is 0 Å². The van der Waals surface area contributed by atoms with Crippen LogP contribution in [0, 0.1) is 0 Å². The van der Waals surface area contributed by atoms with Gasteiger partial charge in [-0.1, -0.05) is 39.3 Å². The maximum absolute atomic E-state index is 13.0. The van der Waals surface area contributed by atoms with Crippen molar-refractivity contribution in [3.05, 3.63) is 58.2 Å². The van der Waals surface area contributed by atoms with Gasteiger partial charge in [-0.2, -0.15) is 0 Å². The van der Waals surface area contributed by atoms with E-state index in [1.165, 1.54) is 13.0 Å². The summed E-state index contributed by atoms with van der Waals surface area (Å²) in [5, 5.41) is 24.7. The van der Waals surface area contributed by atoms with E-state index in [-0.39, 0.29) is 39.6 Å². The standard InChI is InChI=1S/C27H32N2O4/c1-5-7-13-29(14-8-6-2)19-10-12-20(22(16-19)28-18(4)30)24-26(32)25(27(24)33)21-11-9-17(3)15-23(21)31/h9-12,15-16,31-32H,3,5-8,13-14H2,1-2,4H3,(H,28,30)/b25-21-. The number of amides is 1. The molecular formula is C27H32N2O4. The van der Waals surface area contributed by atoms with Crippen molar-refractivity contribution < 1.29 is 19.8 Å². The Morgan fingerprint density at radius 2 is 1.67 bits per heavy atom. The molecule has 6 heteroatoms. The smallest absolute Gasteiger partial charge is 0.221 e. The molecule has 0 radical (unpaired) electrons. The molecule has 0 unspecified atom stereocenters. The summed E-state index contributed by atoms with van der Waals surface area (Å²) in [6, 6.07) is 10.2. The summed E-state index contributed by atoms with van der Waals surface area (Å²) < 4.78 is 0. The van der Waals surface area contributed by atoms with E-state index in [9.17, 15) is 19.8 Å². The largest absolute Gasteiger partial charge is 0.507 e. The molecule has 1 aliphatic carbocycles. The zero-order chi connectivity index (χ0) is 24.1. The molecule has 3 rings (SSSR count). The predicted octanol–water partition coefficient (Wildman–Crippen LogP) is 3.87. The van der Waals surface area contributed by atoms with E-state index < -0.39 is 0 Å². The van der Waals surface area contributed by atoms with Crippen LogP contribution in [0.4, 0.5) is 11.4 Å². The van der Waals surface area contributed by atoms with Crippen molar-refractivity contribution in [3.8, 4) is 5.75 Å². The lowest BCUT2D eigenvalue weighted by atomic mass is 9.81. The number of ketones is 1. The van der Waals surface area contributed by atoms with Crippen molar-refractivity contribution in [1.29, 1.82) is 0 Å². The number of carbonyl (C=O) groups excluding carboxylic acids is 2. The van der Waals surface area contributed by atoms with Crippen molar-refractivity contribution in [2.75, 3.05) is 23.3 Å². The average Bonchev–Trinajstić information content (AvgIpc) is 2.76. The number of unbranched alkanes of at least 4 members (excludes halogenated alkanes) is 2. The van der Waals surface area contributed by atoms with E-state index >= 15 is 0 Å². The normalized spacial score (nSPS) is 14.8. The molecule has 0 atom stereocenters. The molecule has 0 aliphatic heterocycles. The van der Waals surface area contributed by atoms with E-state index in [4.69, 9.17) is 0 Å². The first kappa shape index (κ1) is 24.1. The Hall–Kier alpha value is -3.54. The summed E-state index contributed by atoms with van der Waals surface area (Å²) in [6.07, 6.45) is 4.27. The van der Waals surface area contributed by atoms with Crippen LogP contribution >= 0.6 is 0 Å². The number of benzene rings is 2. The van der Waals surface area contributed by atoms with Crippen LogP contribution in [0.2, 0.25) is 0 Å². The summed E-state index contributed by atoms with van der Waals surface area (Å²) in [6.45, 7) is 11.3. The third-order valence-corrected chi connectivity index (χ3v) is 5.77. The van der Waals surface area contributed by atoms with Crippen molar-refractivity contribution in [3.63, 3.8) is 0 Å². The second kappa shape index (κ2) is 10.4. The minimum Gasteiger partial charge on any atom is -0.507 e. The Balaban J connectivity index is 2.09. The molecule has 0 aromatic heterocycles. The highest BCUT2D eigenvalue weighted by molar-refractivity contribution is 6.52. The summed E-state index contributed by atoms with van der Waals surface area (Å²) >= 11 is 0. The Labute approximate surface area is 194 Å². The topological polar surface area (TPSA) is 89.9 Å². The van der Waals surface area contributed by atoms with Crippen LogP contribution in [0.3, 0.4) is 0 Å². The van der Waals surface area contributed by atoms with Gasteiger partial charge in [-0.3, -0.25) is 9.59 Å². The van der Waals surface area contributed by atoms with Gasteiger partial charge in [-0.05, 0) is 48.4 Å². The summed E-state index contributed by atoms with van der Waals surface area (Å²) in [5.74, 6) is -0.953. The minimum atomic E-state index is -0.382. The zero-order valence-corrected chi connectivity index (χ0v) is 19.6. The SMILES string of the molecule is C=c1cc/c(=C2/C(=O)C(c3ccc(N(CCCC)CCCC)cc3NC(C)=O)=C2O)c(O)c1. The molecule has 3 N–H and O–H groups in total. The molecule has 1 amide bonds. The van der Waals surface area contributed by atoms with Gasteiger partial charge < -0.3 is 20.4 Å². The molecule has 2 aromatic rings. The number of nitrogens with zero attached hydrogens (tertiary/aromatic N) is 1. The molecule has 33 heavy (non-hydrogen) atoms. The van der Waals surface area contributed by atoms with Gasteiger partial charge >= 0.3 is 0 Å². The van der Waals surface area contributed by atoms with Crippen LogP contribution in [-0.4, -0.2) is 35.0 Å². The Morgan fingerprint density at radius 3 is 2.21 bits per heavy atom. The highest BCUT2D eigenvalue weighted by Crippen LogP contribution is 2.41. The van der Waals surface area contributed by atoms with Gasteiger partial charge in [0.05, 0.1) is 16.8 Å². The molecule has 0 spiro atoms. The summed E-state index contributed by atoms with van der Waals surface area (Å²) in [5.41, 5.74) is 2.09. The molecule has 1 aliphatic rings. The van der Waals surface area contributed by atoms with Crippen LogP contribution in [0.15, 0.2) is 42.2 Å². The predicted molar refractivity (Wildman–Crippen MR) is 134 cm³/mol. The highest BCUT2D eigenvalue weighted by Gasteiger charge is 2.37. The molecule has 2 aromatic carbocycles. The number of phenolic OH excluding ortho intramolecular Hbond substituents is 1. The molecule has 6 nitrogen and oxygen atoms in total. The van der Waals surface area contributed by atoms with E-state index in [1.54, 1.807) is 18.2 Å². The Kier molecular flexibility index (Phi) is 7.59. The van der Waals surface area contributed by atoms with Crippen LogP contribution in [-0.2, 0) is 9.59 Å². The first-order valence-corrected chi connectivity index (χ1v) is 11.5. The summed E-state index contributed by atoms with van der Waals surface area (Å²) in [7, 11) is 0. The maximum atomic E-state index is 13.0. The number of hydrogen-bond donors (Lipinski definition) is 3. The first-order valence-electron chi connectivity index (χ1n) is 11.5. The number of aliphatic hydroxyl groups is 1. The molecule has 0 heterocycles. The number of nitrogens with one attached hydrogen (secondary N) is 1. The van der Waals surface area contributed by atoms with E-state index in [2.05, 4.69) is 30.6 Å². The lowest BCUT2D eigenvalue weighted by Gasteiger charge is -2.28. The van der Waals surface area contributed by atoms with Gasteiger partial charge in [0.15, 0.2) is 0 Å². The van der Waals surface area contributed by atoms with Crippen LogP contribution in [0.5, 0.6) is 5.75 Å². The quantitative estimate of drug-likeness (QED) is 0.542. The van der Waals surface area contributed by atoms with Crippen LogP contribution in [0.1, 0.15) is 52.0 Å². The highest BCUT2D eigenvalue weighted by atomic mass is 16.3. The van der Waals surface area contributed by atoms with Crippen LogP contribution in [0.25, 0.3) is 17.7 Å². The van der Waals surface area contributed by atoms with Gasteiger partial charge in [-0.25, -0.2) is 0 Å². The van der Waals surface area contributed by atoms with Gasteiger partial charge in [0.1, 0.15) is 11.5 Å². The average molecular weight is 449 g/mol. The number of aromatic hydroxyl groups is 1. The number of rotatable bonds is 9. The fourth-order valence-corrected chi connectivity index (χ4v) is 4.00. The molecule has 0 bridgehead atoms. The fraction of sp³-hybridized carbons (Fsp3) is 0.333. The molecule has 0 saturated heterocycles. The Morgan fingerprint density at radius 1 is 1.00 bits per heavy atom. The molecule has 0 fully saturated rings. The number of phenols is 1. The zero-order valence-electron chi connectivity index (χ0n) is 19.6. The maximum Gasteiger partial charge on any atom is 0.221 e. The Bertz CT molecular complexity index is 1210. The number of aliphatic hydroxyl groups excluding tert-OH is 1. The summed E-state index contributed by atoms with van der Waals surface area (Å²) in [4.78, 5) is 27.2. The van der Waals surface area contributed by atoms with Gasteiger partial charge in [0.2, 0.25) is 11.7 Å².